The summed E-state index contributed by atoms with van der Waals surface area (Å²) in [5.41, 5.74) is 0.894. The predicted molar refractivity (Wildman–Crippen MR) is 65.7 cm³/mol. The van der Waals surface area contributed by atoms with Gasteiger partial charge in [-0.15, -0.1) is 0 Å². The maximum Gasteiger partial charge on any atom is 0.119 e. The third-order valence-electron chi connectivity index (χ3n) is 2.36. The van der Waals surface area contributed by atoms with Gasteiger partial charge in [0.1, 0.15) is 5.75 Å². The maximum absolute atomic E-state index is 9.43. The molecule has 90 valence electrons. The van der Waals surface area contributed by atoms with Gasteiger partial charge in [-0.1, -0.05) is 12.1 Å². The minimum absolute atomic E-state index is 0.440. The third kappa shape index (κ3) is 4.64. The lowest BCUT2D eigenvalue weighted by Crippen LogP contribution is -2.15. The van der Waals surface area contributed by atoms with Crippen LogP contribution in [0.2, 0.25) is 0 Å². The highest BCUT2D eigenvalue weighted by Crippen LogP contribution is 2.18. The second-order valence-electron chi connectivity index (χ2n) is 4.25. The molecule has 1 aromatic carbocycles. The smallest absolute Gasteiger partial charge is 0.119 e. The lowest BCUT2D eigenvalue weighted by Gasteiger charge is -2.11. The van der Waals surface area contributed by atoms with Gasteiger partial charge in [0.25, 0.3) is 0 Å². The van der Waals surface area contributed by atoms with Crippen LogP contribution in [0.15, 0.2) is 24.3 Å². The van der Waals surface area contributed by atoms with E-state index in [1.54, 1.807) is 6.92 Å². The third-order valence-corrected chi connectivity index (χ3v) is 2.36. The van der Waals surface area contributed by atoms with Crippen molar-refractivity contribution in [2.24, 2.45) is 0 Å². The lowest BCUT2D eigenvalue weighted by molar-refractivity contribution is 0.198. The number of ether oxygens (including phenoxy) is 1. The van der Waals surface area contributed by atoms with Crippen LogP contribution in [0.1, 0.15) is 25.0 Å². The van der Waals surface area contributed by atoms with Crippen LogP contribution in [0.3, 0.4) is 0 Å². The second-order valence-corrected chi connectivity index (χ2v) is 4.25. The van der Waals surface area contributed by atoms with Gasteiger partial charge in [0.15, 0.2) is 0 Å². The number of hydrogen-bond acceptors (Lipinski definition) is 3. The number of aliphatic hydroxyl groups excluding tert-OH is 1. The van der Waals surface area contributed by atoms with Crippen LogP contribution in [0.4, 0.5) is 0 Å². The van der Waals surface area contributed by atoms with Crippen LogP contribution >= 0.6 is 0 Å². The summed E-state index contributed by atoms with van der Waals surface area (Å²) in [5.74, 6) is 0.831. The Balaban J connectivity index is 2.39. The molecular weight excluding hydrogens is 202 g/mol. The van der Waals surface area contributed by atoms with Crippen molar-refractivity contribution in [2.75, 3.05) is 27.2 Å². The van der Waals surface area contributed by atoms with Crippen molar-refractivity contribution < 1.29 is 9.84 Å². The van der Waals surface area contributed by atoms with Crippen molar-refractivity contribution >= 4 is 0 Å². The van der Waals surface area contributed by atoms with E-state index in [0.29, 0.717) is 6.61 Å². The molecule has 3 heteroatoms. The molecular formula is C13H21NO2. The van der Waals surface area contributed by atoms with E-state index < -0.39 is 6.10 Å². The fourth-order valence-electron chi connectivity index (χ4n) is 1.43. The second kappa shape index (κ2) is 6.51. The fourth-order valence-corrected chi connectivity index (χ4v) is 1.43. The van der Waals surface area contributed by atoms with E-state index in [-0.39, 0.29) is 0 Å². The Morgan fingerprint density at radius 1 is 1.38 bits per heavy atom. The molecule has 0 radical (unpaired) electrons. The van der Waals surface area contributed by atoms with Crippen molar-refractivity contribution in [1.82, 2.24) is 4.90 Å². The topological polar surface area (TPSA) is 32.7 Å². The molecule has 0 amide bonds. The van der Waals surface area contributed by atoms with Gasteiger partial charge >= 0.3 is 0 Å². The van der Waals surface area contributed by atoms with Crippen LogP contribution in [-0.4, -0.2) is 37.3 Å². The minimum atomic E-state index is -0.440. The molecule has 0 fully saturated rings. The molecule has 0 unspecified atom stereocenters. The first kappa shape index (κ1) is 13.0. The van der Waals surface area contributed by atoms with Crippen molar-refractivity contribution in [3.8, 4) is 5.75 Å². The largest absolute Gasteiger partial charge is 0.494 e. The summed E-state index contributed by atoms with van der Waals surface area (Å²) in [6.45, 7) is 3.49. The minimum Gasteiger partial charge on any atom is -0.494 e. The van der Waals surface area contributed by atoms with E-state index >= 15 is 0 Å². The predicted octanol–water partition coefficient (Wildman–Crippen LogP) is 2.07. The summed E-state index contributed by atoms with van der Waals surface area (Å²) in [6.07, 6.45) is 0.566. The standard InChI is InChI=1S/C13H21NO2/c1-11(15)12-6-4-7-13(10-12)16-9-5-8-14(2)3/h4,6-7,10-11,15H,5,8-9H2,1-3H3/t11-/m0/s1. The van der Waals surface area contributed by atoms with Crippen molar-refractivity contribution in [2.45, 2.75) is 19.4 Å². The molecule has 0 aromatic heterocycles. The van der Waals surface area contributed by atoms with Gasteiger partial charge in [-0.05, 0) is 45.1 Å². The Morgan fingerprint density at radius 3 is 2.75 bits per heavy atom. The quantitative estimate of drug-likeness (QED) is 0.749. The Morgan fingerprint density at radius 2 is 2.12 bits per heavy atom. The molecule has 0 spiro atoms. The fraction of sp³-hybridized carbons (Fsp3) is 0.538. The summed E-state index contributed by atoms with van der Waals surface area (Å²) in [4.78, 5) is 2.13. The first-order valence-electron chi connectivity index (χ1n) is 5.65. The summed E-state index contributed by atoms with van der Waals surface area (Å²) in [5, 5.41) is 9.43. The van der Waals surface area contributed by atoms with Gasteiger partial charge in [0.05, 0.1) is 12.7 Å². The van der Waals surface area contributed by atoms with E-state index in [4.69, 9.17) is 4.74 Å². The van der Waals surface area contributed by atoms with Crippen molar-refractivity contribution in [1.29, 1.82) is 0 Å². The average molecular weight is 223 g/mol. The van der Waals surface area contributed by atoms with Gasteiger partial charge in [0, 0.05) is 6.54 Å². The lowest BCUT2D eigenvalue weighted by atomic mass is 10.1. The SMILES string of the molecule is C[C@H](O)c1cccc(OCCCN(C)C)c1. The van der Waals surface area contributed by atoms with Crippen LogP contribution < -0.4 is 4.74 Å². The number of aliphatic hydroxyl groups is 1. The molecule has 1 N–H and O–H groups in total. The van der Waals surface area contributed by atoms with Crippen LogP contribution in [0.25, 0.3) is 0 Å². The highest BCUT2D eigenvalue weighted by atomic mass is 16.5. The van der Waals surface area contributed by atoms with Crippen molar-refractivity contribution in [3.63, 3.8) is 0 Å². The number of benzene rings is 1. The molecule has 1 atom stereocenters. The van der Waals surface area contributed by atoms with Gasteiger partial charge in [-0.3, -0.25) is 0 Å². The van der Waals surface area contributed by atoms with E-state index in [1.807, 2.05) is 38.4 Å². The van der Waals surface area contributed by atoms with Gasteiger partial charge < -0.3 is 14.7 Å². The molecule has 1 aromatic rings. The molecule has 3 nitrogen and oxygen atoms in total. The zero-order valence-electron chi connectivity index (χ0n) is 10.3. The van der Waals surface area contributed by atoms with Crippen LogP contribution in [-0.2, 0) is 0 Å². The van der Waals surface area contributed by atoms with Gasteiger partial charge in [-0.2, -0.15) is 0 Å². The molecule has 0 saturated heterocycles. The Hall–Kier alpha value is -1.06. The van der Waals surface area contributed by atoms with Crippen LogP contribution in [0.5, 0.6) is 5.75 Å². The van der Waals surface area contributed by atoms with E-state index in [2.05, 4.69) is 4.90 Å². The number of nitrogens with zero attached hydrogens (tertiary/aromatic N) is 1. The summed E-state index contributed by atoms with van der Waals surface area (Å²) < 4.78 is 5.61. The first-order chi connectivity index (χ1) is 7.59. The highest BCUT2D eigenvalue weighted by Gasteiger charge is 2.02. The molecule has 0 aliphatic heterocycles. The summed E-state index contributed by atoms with van der Waals surface area (Å²) in [6, 6.07) is 7.61. The normalized spacial score (nSPS) is 12.8. The first-order valence-corrected chi connectivity index (χ1v) is 5.65. The Labute approximate surface area is 97.7 Å². The Bertz CT molecular complexity index is 311. The molecule has 0 aliphatic rings. The van der Waals surface area contributed by atoms with E-state index in [0.717, 1.165) is 24.3 Å². The summed E-state index contributed by atoms with van der Waals surface area (Å²) >= 11 is 0. The molecule has 0 bridgehead atoms. The Kier molecular flexibility index (Phi) is 5.29. The molecule has 1 rings (SSSR count). The molecule has 0 aliphatic carbocycles. The zero-order chi connectivity index (χ0) is 12.0. The van der Waals surface area contributed by atoms with Crippen molar-refractivity contribution in [3.05, 3.63) is 29.8 Å². The average Bonchev–Trinajstić information content (AvgIpc) is 2.24. The molecule has 0 saturated carbocycles. The van der Waals surface area contributed by atoms with E-state index in [9.17, 15) is 5.11 Å². The van der Waals surface area contributed by atoms with Crippen LogP contribution in [0, 0.1) is 0 Å². The molecule has 16 heavy (non-hydrogen) atoms. The highest BCUT2D eigenvalue weighted by molar-refractivity contribution is 5.29. The number of hydrogen-bond donors (Lipinski definition) is 1. The number of rotatable bonds is 6. The maximum atomic E-state index is 9.43. The van der Waals surface area contributed by atoms with E-state index in [1.165, 1.54) is 0 Å². The van der Waals surface area contributed by atoms with Gasteiger partial charge in [-0.25, -0.2) is 0 Å². The monoisotopic (exact) mass is 223 g/mol. The van der Waals surface area contributed by atoms with Gasteiger partial charge in [0.2, 0.25) is 0 Å². The zero-order valence-corrected chi connectivity index (χ0v) is 10.3. The summed E-state index contributed by atoms with van der Waals surface area (Å²) in [7, 11) is 4.10. The molecule has 0 heterocycles.